The van der Waals surface area contributed by atoms with Gasteiger partial charge >= 0.3 is 0 Å². The molecule has 0 aromatic heterocycles. The van der Waals surface area contributed by atoms with Crippen molar-refractivity contribution in [3.8, 4) is 0 Å². The quantitative estimate of drug-likeness (QED) is 0.600. The fraction of sp³-hybridized carbons (Fsp3) is 0.385. The van der Waals surface area contributed by atoms with Gasteiger partial charge in [-0.3, -0.25) is 4.79 Å². The molecule has 1 unspecified atom stereocenters. The maximum atomic E-state index is 11.6. The lowest BCUT2D eigenvalue weighted by Crippen LogP contribution is -2.25. The van der Waals surface area contributed by atoms with Crippen molar-refractivity contribution in [1.82, 2.24) is 0 Å². The van der Waals surface area contributed by atoms with Gasteiger partial charge in [-0.15, -0.1) is 11.8 Å². The van der Waals surface area contributed by atoms with E-state index in [0.717, 1.165) is 18.4 Å². The maximum absolute atomic E-state index is 11.6. The van der Waals surface area contributed by atoms with Gasteiger partial charge in [-0.1, -0.05) is 13.0 Å². The van der Waals surface area contributed by atoms with Gasteiger partial charge < -0.3 is 9.90 Å². The molecule has 90 valence electrons. The molecule has 1 heterocycles. The van der Waals surface area contributed by atoms with Crippen LogP contribution < -0.4 is 5.11 Å². The number of carbonyl (C=O) groups excluding carboxylic acids is 2. The molecule has 0 fully saturated rings. The van der Waals surface area contributed by atoms with Gasteiger partial charge in [-0.05, 0) is 30.5 Å². The number of carbonyl (C=O) groups is 2. The summed E-state index contributed by atoms with van der Waals surface area (Å²) in [6, 6.07) is 5.44. The molecule has 0 saturated heterocycles. The third kappa shape index (κ3) is 2.88. The van der Waals surface area contributed by atoms with Gasteiger partial charge in [0, 0.05) is 21.7 Å². The van der Waals surface area contributed by atoms with Crippen LogP contribution in [0.1, 0.15) is 35.7 Å². The first-order valence-electron chi connectivity index (χ1n) is 5.59. The molecule has 1 aliphatic rings. The molecular formula is C13H13O3S-. The number of aryl methyl sites for hydroxylation is 1. The van der Waals surface area contributed by atoms with E-state index in [-0.39, 0.29) is 5.78 Å². The summed E-state index contributed by atoms with van der Waals surface area (Å²) in [4.78, 5) is 23.2. The molecule has 0 amide bonds. The van der Waals surface area contributed by atoms with Crippen molar-refractivity contribution in [2.45, 2.75) is 36.3 Å². The first kappa shape index (κ1) is 12.2. The molecule has 0 N–H and O–H groups in total. The molecular weight excluding hydrogens is 236 g/mol. The van der Waals surface area contributed by atoms with Gasteiger partial charge in [-0.25, -0.2) is 0 Å². The lowest BCUT2D eigenvalue weighted by Gasteiger charge is -2.21. The third-order valence-electron chi connectivity index (χ3n) is 2.84. The fourth-order valence-electron chi connectivity index (χ4n) is 1.93. The van der Waals surface area contributed by atoms with Crippen LogP contribution in [-0.2, 0) is 11.2 Å². The smallest absolute Gasteiger partial charge is 0.168 e. The summed E-state index contributed by atoms with van der Waals surface area (Å²) in [5.41, 5.74) is 1.63. The molecule has 0 saturated carbocycles. The van der Waals surface area contributed by atoms with Crippen molar-refractivity contribution in [3.63, 3.8) is 0 Å². The number of thioether (sulfide) groups is 1. The minimum Gasteiger partial charge on any atom is -0.550 e. The number of hydrogen-bond acceptors (Lipinski definition) is 4. The van der Waals surface area contributed by atoms with E-state index in [0.29, 0.717) is 10.8 Å². The molecule has 0 aliphatic carbocycles. The van der Waals surface area contributed by atoms with Gasteiger partial charge in [0.15, 0.2) is 5.78 Å². The number of aliphatic carboxylic acids is 1. The Morgan fingerprint density at radius 3 is 2.94 bits per heavy atom. The van der Waals surface area contributed by atoms with E-state index in [2.05, 4.69) is 6.92 Å². The number of hydrogen-bond donors (Lipinski definition) is 0. The Kier molecular flexibility index (Phi) is 3.52. The van der Waals surface area contributed by atoms with Crippen LogP contribution in [0, 0.1) is 0 Å². The van der Waals surface area contributed by atoms with E-state index in [1.807, 2.05) is 12.1 Å². The fourth-order valence-corrected chi connectivity index (χ4v) is 3.06. The van der Waals surface area contributed by atoms with Crippen LogP contribution in [0.15, 0.2) is 23.1 Å². The third-order valence-corrected chi connectivity index (χ3v) is 4.13. The van der Waals surface area contributed by atoms with E-state index in [1.54, 1.807) is 17.8 Å². The highest BCUT2D eigenvalue weighted by atomic mass is 32.2. The first-order chi connectivity index (χ1) is 8.06. The maximum Gasteiger partial charge on any atom is 0.168 e. The summed E-state index contributed by atoms with van der Waals surface area (Å²) in [7, 11) is 0. The Labute approximate surface area is 104 Å². The Morgan fingerprint density at radius 1 is 1.47 bits per heavy atom. The summed E-state index contributed by atoms with van der Waals surface area (Å²) in [5.74, 6) is -1.70. The highest BCUT2D eigenvalue weighted by Crippen LogP contribution is 2.35. The zero-order valence-corrected chi connectivity index (χ0v) is 10.4. The number of rotatable bonds is 3. The lowest BCUT2D eigenvalue weighted by atomic mass is 10.0. The zero-order chi connectivity index (χ0) is 12.4. The van der Waals surface area contributed by atoms with E-state index in [9.17, 15) is 14.7 Å². The Balaban J connectivity index is 2.22. The van der Waals surface area contributed by atoms with Crippen molar-refractivity contribution in [2.24, 2.45) is 0 Å². The summed E-state index contributed by atoms with van der Waals surface area (Å²) < 4.78 is 0. The van der Waals surface area contributed by atoms with Crippen molar-refractivity contribution in [1.29, 1.82) is 0 Å². The standard InChI is InChI=1S/C13H14O3S/c1-8-2-3-10-6-9(4-5-12(10)17-8)11(14)7-13(15)16/h4-6,8H,2-3,7H2,1H3,(H,15,16)/p-1. The van der Waals surface area contributed by atoms with Crippen LogP contribution in [0.25, 0.3) is 0 Å². The zero-order valence-electron chi connectivity index (χ0n) is 9.56. The minimum atomic E-state index is -1.32. The molecule has 0 bridgehead atoms. The van der Waals surface area contributed by atoms with Crippen LogP contribution in [-0.4, -0.2) is 17.0 Å². The van der Waals surface area contributed by atoms with E-state index in [4.69, 9.17) is 0 Å². The Hall–Kier alpha value is -1.29. The second-order valence-corrected chi connectivity index (χ2v) is 5.74. The number of fused-ring (bicyclic) bond motifs is 1. The van der Waals surface area contributed by atoms with Gasteiger partial charge in [0.25, 0.3) is 0 Å². The molecule has 4 heteroatoms. The second kappa shape index (κ2) is 4.92. The minimum absolute atomic E-state index is 0.378. The second-order valence-electron chi connectivity index (χ2n) is 4.26. The van der Waals surface area contributed by atoms with Crippen LogP contribution in [0.2, 0.25) is 0 Å². The summed E-state index contributed by atoms with van der Waals surface area (Å²) >= 11 is 1.81. The van der Waals surface area contributed by atoms with Gasteiger partial charge in [0.2, 0.25) is 0 Å². The van der Waals surface area contributed by atoms with E-state index < -0.39 is 12.4 Å². The lowest BCUT2D eigenvalue weighted by molar-refractivity contribution is -0.304. The molecule has 1 aliphatic heterocycles. The largest absolute Gasteiger partial charge is 0.550 e. The highest BCUT2D eigenvalue weighted by Gasteiger charge is 2.17. The number of ketones is 1. The molecule has 1 atom stereocenters. The topological polar surface area (TPSA) is 57.2 Å². The van der Waals surface area contributed by atoms with Crippen LogP contribution in [0.5, 0.6) is 0 Å². The number of carboxylic acid groups (broad SMARTS) is 1. The van der Waals surface area contributed by atoms with Crippen molar-refractivity contribution < 1.29 is 14.7 Å². The first-order valence-corrected chi connectivity index (χ1v) is 6.47. The highest BCUT2D eigenvalue weighted by molar-refractivity contribution is 8.00. The number of benzene rings is 1. The van der Waals surface area contributed by atoms with Gasteiger partial charge in [0.05, 0.1) is 6.42 Å². The number of Topliss-reactive ketones (excluding diaryl/α,β-unsaturated/α-hetero) is 1. The molecule has 17 heavy (non-hydrogen) atoms. The normalized spacial score (nSPS) is 18.5. The SMILES string of the molecule is CC1CCc2cc(C(=O)CC(=O)[O-])ccc2S1. The summed E-state index contributed by atoms with van der Waals surface area (Å²) in [5, 5.41) is 11.0. The number of carboxylic acids is 1. The predicted octanol–water partition coefficient (Wildman–Crippen LogP) is 1.44. The Morgan fingerprint density at radius 2 is 2.24 bits per heavy atom. The monoisotopic (exact) mass is 249 g/mol. The van der Waals surface area contributed by atoms with Gasteiger partial charge in [0.1, 0.15) is 0 Å². The summed E-state index contributed by atoms with van der Waals surface area (Å²) in [6.45, 7) is 2.18. The van der Waals surface area contributed by atoms with E-state index >= 15 is 0 Å². The van der Waals surface area contributed by atoms with Crippen molar-refractivity contribution in [3.05, 3.63) is 29.3 Å². The molecule has 0 spiro atoms. The molecule has 0 radical (unpaired) electrons. The van der Waals surface area contributed by atoms with Crippen LogP contribution in [0.4, 0.5) is 0 Å². The average molecular weight is 249 g/mol. The Bertz CT molecular complexity index is 468. The van der Waals surface area contributed by atoms with E-state index in [1.165, 1.54) is 4.90 Å². The predicted molar refractivity (Wildman–Crippen MR) is 64.0 cm³/mol. The molecule has 1 aromatic carbocycles. The van der Waals surface area contributed by atoms with Crippen LogP contribution in [0.3, 0.4) is 0 Å². The van der Waals surface area contributed by atoms with Crippen molar-refractivity contribution >= 4 is 23.5 Å². The summed E-state index contributed by atoms with van der Waals surface area (Å²) in [6.07, 6.45) is 1.51. The molecule has 3 nitrogen and oxygen atoms in total. The van der Waals surface area contributed by atoms with Crippen molar-refractivity contribution in [2.75, 3.05) is 0 Å². The molecule has 1 aromatic rings. The van der Waals surface area contributed by atoms with Gasteiger partial charge in [-0.2, -0.15) is 0 Å². The van der Waals surface area contributed by atoms with Crippen LogP contribution >= 0.6 is 11.8 Å². The molecule has 2 rings (SSSR count). The average Bonchev–Trinajstić information content (AvgIpc) is 2.27.